The monoisotopic (exact) mass is 341 g/mol. The summed E-state index contributed by atoms with van der Waals surface area (Å²) in [7, 11) is 1.79. The van der Waals surface area contributed by atoms with Gasteiger partial charge in [-0.3, -0.25) is 4.79 Å². The molecule has 1 heterocycles. The molecule has 132 valence electrons. The lowest BCUT2D eigenvalue weighted by Crippen LogP contribution is -2.34. The minimum atomic E-state index is -0.290. The lowest BCUT2D eigenvalue weighted by atomic mass is 10.0. The summed E-state index contributed by atoms with van der Waals surface area (Å²) in [6.07, 6.45) is 4.77. The van der Waals surface area contributed by atoms with E-state index in [0.29, 0.717) is 29.7 Å². The van der Waals surface area contributed by atoms with Gasteiger partial charge in [0.25, 0.3) is 5.91 Å². The van der Waals surface area contributed by atoms with Crippen molar-refractivity contribution in [1.29, 1.82) is 0 Å². The van der Waals surface area contributed by atoms with E-state index in [1.807, 2.05) is 18.2 Å². The zero-order valence-corrected chi connectivity index (χ0v) is 14.4. The number of amides is 1. The van der Waals surface area contributed by atoms with Crippen molar-refractivity contribution >= 4 is 5.91 Å². The third kappa shape index (κ3) is 3.44. The number of carbonyl (C=O) groups is 1. The van der Waals surface area contributed by atoms with Crippen LogP contribution < -0.4 is 0 Å². The number of rotatable bonds is 5. The van der Waals surface area contributed by atoms with Crippen LogP contribution in [0.15, 0.2) is 28.8 Å². The van der Waals surface area contributed by atoms with Crippen LogP contribution >= 0.6 is 0 Å². The van der Waals surface area contributed by atoms with E-state index in [0.717, 1.165) is 37.7 Å². The molecule has 6 nitrogen and oxygen atoms in total. The molecule has 2 aliphatic rings. The van der Waals surface area contributed by atoms with Crippen LogP contribution in [-0.4, -0.2) is 45.8 Å². The summed E-state index contributed by atoms with van der Waals surface area (Å²) in [4.78, 5) is 18.9. The second-order valence-electron chi connectivity index (χ2n) is 7.26. The molecule has 0 aliphatic heterocycles. The van der Waals surface area contributed by atoms with Crippen molar-refractivity contribution < 1.29 is 14.4 Å². The maximum atomic E-state index is 12.7. The topological polar surface area (TPSA) is 79.5 Å². The number of aliphatic hydroxyl groups excluding tert-OH is 1. The first-order chi connectivity index (χ1) is 12.1. The Morgan fingerprint density at radius 3 is 2.88 bits per heavy atom. The molecule has 1 amide bonds. The zero-order valence-electron chi connectivity index (χ0n) is 14.4. The minimum absolute atomic E-state index is 0.0492. The van der Waals surface area contributed by atoms with Crippen LogP contribution in [0.3, 0.4) is 0 Å². The second kappa shape index (κ2) is 6.59. The minimum Gasteiger partial charge on any atom is -0.393 e. The van der Waals surface area contributed by atoms with E-state index in [1.54, 1.807) is 18.0 Å². The third-order valence-corrected chi connectivity index (χ3v) is 5.21. The molecule has 25 heavy (non-hydrogen) atoms. The van der Waals surface area contributed by atoms with Gasteiger partial charge in [0.2, 0.25) is 11.7 Å². The molecule has 0 radical (unpaired) electrons. The molecule has 0 spiro atoms. The Labute approximate surface area is 146 Å². The first-order valence-corrected chi connectivity index (χ1v) is 8.99. The number of benzene rings is 1. The molecule has 4 rings (SSSR count). The Bertz CT molecular complexity index is 769. The van der Waals surface area contributed by atoms with Gasteiger partial charge in [0.15, 0.2) is 0 Å². The average Bonchev–Trinajstić information content (AvgIpc) is 3.22. The van der Waals surface area contributed by atoms with Crippen molar-refractivity contribution in [3.63, 3.8) is 0 Å². The van der Waals surface area contributed by atoms with Gasteiger partial charge in [-0.05, 0) is 37.8 Å². The molecule has 1 N–H and O–H groups in total. The largest absolute Gasteiger partial charge is 0.393 e. The van der Waals surface area contributed by atoms with Gasteiger partial charge >= 0.3 is 0 Å². The van der Waals surface area contributed by atoms with Crippen molar-refractivity contribution in [2.45, 2.75) is 44.1 Å². The van der Waals surface area contributed by atoms with Crippen LogP contribution in [-0.2, 0) is 0 Å². The zero-order chi connectivity index (χ0) is 17.4. The standard InChI is InChI=1S/C19H23N3O3/c1-22(11-15-6-3-7-16(15)23)19(24)14-5-2-4-13(10-14)17-20-18(25-21-17)12-8-9-12/h2,4-5,10,12,15-16,23H,3,6-9,11H2,1H3. The Balaban J connectivity index is 1.48. The van der Waals surface area contributed by atoms with Crippen molar-refractivity contribution in [2.75, 3.05) is 13.6 Å². The van der Waals surface area contributed by atoms with Gasteiger partial charge in [0, 0.05) is 36.6 Å². The Hall–Kier alpha value is -2.21. The van der Waals surface area contributed by atoms with Crippen molar-refractivity contribution in [3.05, 3.63) is 35.7 Å². The van der Waals surface area contributed by atoms with Crippen LogP contribution in [0.25, 0.3) is 11.4 Å². The fourth-order valence-electron chi connectivity index (χ4n) is 3.53. The van der Waals surface area contributed by atoms with E-state index in [1.165, 1.54) is 0 Å². The molecule has 2 aliphatic carbocycles. The fourth-order valence-corrected chi connectivity index (χ4v) is 3.53. The van der Waals surface area contributed by atoms with Gasteiger partial charge in [0.05, 0.1) is 6.10 Å². The molecular formula is C19H23N3O3. The van der Waals surface area contributed by atoms with E-state index in [-0.39, 0.29) is 17.9 Å². The van der Waals surface area contributed by atoms with Gasteiger partial charge in [-0.1, -0.05) is 23.7 Å². The van der Waals surface area contributed by atoms with E-state index in [2.05, 4.69) is 10.1 Å². The normalized spacial score (nSPS) is 23.0. The Morgan fingerprint density at radius 1 is 1.32 bits per heavy atom. The fraction of sp³-hybridized carbons (Fsp3) is 0.526. The maximum absolute atomic E-state index is 12.7. The lowest BCUT2D eigenvalue weighted by molar-refractivity contribution is 0.0693. The van der Waals surface area contributed by atoms with E-state index < -0.39 is 0 Å². The molecule has 2 aromatic rings. The van der Waals surface area contributed by atoms with Crippen LogP contribution in [0.4, 0.5) is 0 Å². The van der Waals surface area contributed by atoms with Crippen LogP contribution in [0.2, 0.25) is 0 Å². The van der Waals surface area contributed by atoms with Crippen LogP contribution in [0.5, 0.6) is 0 Å². The summed E-state index contributed by atoms with van der Waals surface area (Å²) in [5.74, 6) is 1.77. The summed E-state index contributed by atoms with van der Waals surface area (Å²) in [5.41, 5.74) is 1.39. The van der Waals surface area contributed by atoms with Gasteiger partial charge in [-0.15, -0.1) is 0 Å². The number of carbonyl (C=O) groups excluding carboxylic acids is 1. The number of hydrogen-bond donors (Lipinski definition) is 1. The highest BCUT2D eigenvalue weighted by atomic mass is 16.5. The molecule has 2 atom stereocenters. The van der Waals surface area contributed by atoms with Crippen LogP contribution in [0, 0.1) is 5.92 Å². The molecule has 0 saturated heterocycles. The molecule has 0 bridgehead atoms. The van der Waals surface area contributed by atoms with E-state index in [9.17, 15) is 9.90 Å². The van der Waals surface area contributed by atoms with Crippen molar-refractivity contribution in [1.82, 2.24) is 15.0 Å². The second-order valence-corrected chi connectivity index (χ2v) is 7.26. The van der Waals surface area contributed by atoms with E-state index >= 15 is 0 Å². The number of aromatic nitrogens is 2. The van der Waals surface area contributed by atoms with Gasteiger partial charge in [-0.2, -0.15) is 4.98 Å². The number of nitrogens with zero attached hydrogens (tertiary/aromatic N) is 3. The molecule has 2 fully saturated rings. The summed E-state index contributed by atoms with van der Waals surface area (Å²) >= 11 is 0. The number of aliphatic hydroxyl groups is 1. The highest BCUT2D eigenvalue weighted by Gasteiger charge is 2.30. The molecular weight excluding hydrogens is 318 g/mol. The molecule has 1 aromatic carbocycles. The van der Waals surface area contributed by atoms with E-state index in [4.69, 9.17) is 4.52 Å². The summed E-state index contributed by atoms with van der Waals surface area (Å²) in [5, 5.41) is 14.0. The lowest BCUT2D eigenvalue weighted by Gasteiger charge is -2.23. The van der Waals surface area contributed by atoms with Gasteiger partial charge < -0.3 is 14.5 Å². The van der Waals surface area contributed by atoms with Crippen molar-refractivity contribution in [3.8, 4) is 11.4 Å². The molecule has 1 aromatic heterocycles. The predicted molar refractivity (Wildman–Crippen MR) is 92.0 cm³/mol. The maximum Gasteiger partial charge on any atom is 0.253 e. The van der Waals surface area contributed by atoms with Gasteiger partial charge in [0.1, 0.15) is 0 Å². The van der Waals surface area contributed by atoms with Gasteiger partial charge in [-0.25, -0.2) is 0 Å². The van der Waals surface area contributed by atoms with Crippen LogP contribution in [0.1, 0.15) is 54.3 Å². The highest BCUT2D eigenvalue weighted by molar-refractivity contribution is 5.95. The molecule has 6 heteroatoms. The number of hydrogen-bond acceptors (Lipinski definition) is 5. The third-order valence-electron chi connectivity index (χ3n) is 5.21. The summed E-state index contributed by atoms with van der Waals surface area (Å²) < 4.78 is 5.31. The summed E-state index contributed by atoms with van der Waals surface area (Å²) in [6.45, 7) is 0.582. The highest BCUT2D eigenvalue weighted by Crippen LogP contribution is 2.39. The smallest absolute Gasteiger partial charge is 0.253 e. The predicted octanol–water partition coefficient (Wildman–Crippen LogP) is 2.85. The average molecular weight is 341 g/mol. The first kappa shape index (κ1) is 16.3. The quantitative estimate of drug-likeness (QED) is 0.904. The molecule has 2 unspecified atom stereocenters. The Morgan fingerprint density at radius 2 is 2.16 bits per heavy atom. The first-order valence-electron chi connectivity index (χ1n) is 8.99. The summed E-state index contributed by atoms with van der Waals surface area (Å²) in [6, 6.07) is 7.34. The Kier molecular flexibility index (Phi) is 4.29. The van der Waals surface area contributed by atoms with Crippen molar-refractivity contribution in [2.24, 2.45) is 5.92 Å². The SMILES string of the molecule is CN(CC1CCCC1O)C(=O)c1cccc(-c2noc(C3CC3)n2)c1. The molecule has 2 saturated carbocycles.